The Hall–Kier alpha value is -3.55. The lowest BCUT2D eigenvalue weighted by Crippen LogP contribution is -2.48. The van der Waals surface area contributed by atoms with Crippen molar-refractivity contribution in [3.8, 4) is 11.5 Å². The fourth-order valence-corrected chi connectivity index (χ4v) is 3.14. The number of carbonyl (C=O) groups excluding carboxylic acids is 2. The Morgan fingerprint density at radius 1 is 1.17 bits per heavy atom. The second-order valence-electron chi connectivity index (χ2n) is 6.54. The van der Waals surface area contributed by atoms with Crippen LogP contribution in [0.1, 0.15) is 18.5 Å². The maximum atomic E-state index is 13.8. The predicted octanol–water partition coefficient (Wildman–Crippen LogP) is 3.43. The molecule has 158 valence electrons. The number of carbonyl (C=O) groups is 2. The van der Waals surface area contributed by atoms with Crippen molar-refractivity contribution in [2.24, 2.45) is 0 Å². The van der Waals surface area contributed by atoms with Gasteiger partial charge in [0.25, 0.3) is 0 Å². The number of esters is 1. The number of benzene rings is 2. The molecule has 1 aliphatic heterocycles. The number of hydrogen-bond donors (Lipinski definition) is 1. The number of halogens is 1. The van der Waals surface area contributed by atoms with E-state index in [1.54, 1.807) is 44.4 Å². The van der Waals surface area contributed by atoms with Gasteiger partial charge in [0.2, 0.25) is 0 Å². The van der Waals surface area contributed by atoms with Gasteiger partial charge in [-0.3, -0.25) is 4.90 Å². The minimum absolute atomic E-state index is 0.0593. The summed E-state index contributed by atoms with van der Waals surface area (Å²) in [6.45, 7) is 1.78. The lowest BCUT2D eigenvalue weighted by Gasteiger charge is -2.34. The van der Waals surface area contributed by atoms with E-state index in [1.807, 2.05) is 0 Å². The third kappa shape index (κ3) is 4.53. The van der Waals surface area contributed by atoms with Crippen LogP contribution >= 0.6 is 0 Å². The van der Waals surface area contributed by atoms with Gasteiger partial charge < -0.3 is 19.5 Å². The molecule has 0 bridgehead atoms. The van der Waals surface area contributed by atoms with Crippen LogP contribution in [-0.4, -0.2) is 44.3 Å². The molecule has 0 saturated heterocycles. The summed E-state index contributed by atoms with van der Waals surface area (Å²) in [5.41, 5.74) is 0.960. The molecule has 1 N–H and O–H groups in total. The van der Waals surface area contributed by atoms with Gasteiger partial charge in [-0.05, 0) is 48.9 Å². The molecule has 0 radical (unpaired) electrons. The normalized spacial score (nSPS) is 16.2. The van der Waals surface area contributed by atoms with Crippen LogP contribution in [0.3, 0.4) is 0 Å². The van der Waals surface area contributed by atoms with E-state index in [-0.39, 0.29) is 18.8 Å². The highest BCUT2D eigenvalue weighted by molar-refractivity contribution is 5.95. The first-order valence-corrected chi connectivity index (χ1v) is 9.41. The summed E-state index contributed by atoms with van der Waals surface area (Å²) < 4.78 is 30.0. The number of ether oxygens (including phenoxy) is 3. The quantitative estimate of drug-likeness (QED) is 0.703. The van der Waals surface area contributed by atoms with Gasteiger partial charge >= 0.3 is 12.0 Å². The van der Waals surface area contributed by atoms with Crippen LogP contribution in [0.15, 0.2) is 59.8 Å². The Balaban J connectivity index is 1.99. The molecule has 1 aliphatic rings. The Morgan fingerprint density at radius 2 is 1.87 bits per heavy atom. The fraction of sp³-hybridized carbons (Fsp3) is 0.273. The smallest absolute Gasteiger partial charge is 0.338 e. The molecule has 0 aromatic heterocycles. The summed E-state index contributed by atoms with van der Waals surface area (Å²) in [5, 5.41) is 2.73. The molecular weight excluding hydrogens is 391 g/mol. The van der Waals surface area contributed by atoms with E-state index in [1.165, 1.54) is 30.1 Å². The lowest BCUT2D eigenvalue weighted by atomic mass is 9.94. The molecule has 7 nitrogen and oxygen atoms in total. The summed E-state index contributed by atoms with van der Waals surface area (Å²) in [6.07, 6.45) is 0. The SMILES string of the molecule is CCOC(=O)C1=C(COc2ccc(OC)cc2)N(C)C(=O)NC1c1cccc(F)c1. The molecule has 1 atom stereocenters. The number of likely N-dealkylation sites (N-methyl/N-ethyl adjacent to an activating group) is 1. The lowest BCUT2D eigenvalue weighted by molar-refractivity contribution is -0.139. The first-order valence-electron chi connectivity index (χ1n) is 9.41. The van der Waals surface area contributed by atoms with E-state index in [9.17, 15) is 14.0 Å². The fourth-order valence-electron chi connectivity index (χ4n) is 3.14. The van der Waals surface area contributed by atoms with Crippen molar-refractivity contribution in [2.75, 3.05) is 27.4 Å². The number of hydrogen-bond acceptors (Lipinski definition) is 5. The molecule has 30 heavy (non-hydrogen) atoms. The third-order valence-corrected chi connectivity index (χ3v) is 4.69. The highest BCUT2D eigenvalue weighted by Crippen LogP contribution is 2.31. The zero-order chi connectivity index (χ0) is 21.7. The van der Waals surface area contributed by atoms with Crippen molar-refractivity contribution >= 4 is 12.0 Å². The van der Waals surface area contributed by atoms with Crippen LogP contribution in [0.4, 0.5) is 9.18 Å². The maximum Gasteiger partial charge on any atom is 0.338 e. The predicted molar refractivity (Wildman–Crippen MR) is 108 cm³/mol. The first kappa shape index (κ1) is 21.2. The van der Waals surface area contributed by atoms with Crippen molar-refractivity contribution in [1.82, 2.24) is 10.2 Å². The number of nitrogens with zero attached hydrogens (tertiary/aromatic N) is 1. The second-order valence-corrected chi connectivity index (χ2v) is 6.54. The molecule has 2 aromatic rings. The van der Waals surface area contributed by atoms with Crippen LogP contribution in [0.25, 0.3) is 0 Å². The summed E-state index contributed by atoms with van der Waals surface area (Å²) in [5.74, 6) is 0.133. The van der Waals surface area contributed by atoms with Crippen molar-refractivity contribution in [1.29, 1.82) is 0 Å². The molecule has 0 fully saturated rings. The van der Waals surface area contributed by atoms with Crippen molar-refractivity contribution in [3.05, 3.63) is 71.2 Å². The van der Waals surface area contributed by atoms with Crippen LogP contribution in [0.2, 0.25) is 0 Å². The molecule has 3 rings (SSSR count). The minimum atomic E-state index is -0.863. The zero-order valence-electron chi connectivity index (χ0n) is 17.0. The van der Waals surface area contributed by atoms with Crippen LogP contribution in [-0.2, 0) is 9.53 Å². The van der Waals surface area contributed by atoms with Gasteiger partial charge in [0, 0.05) is 7.05 Å². The van der Waals surface area contributed by atoms with Crippen molar-refractivity contribution in [3.63, 3.8) is 0 Å². The van der Waals surface area contributed by atoms with Gasteiger partial charge in [-0.15, -0.1) is 0 Å². The van der Waals surface area contributed by atoms with Crippen molar-refractivity contribution in [2.45, 2.75) is 13.0 Å². The summed E-state index contributed by atoms with van der Waals surface area (Å²) in [6, 6.07) is 11.3. The van der Waals surface area contributed by atoms with Crippen LogP contribution in [0, 0.1) is 5.82 Å². The summed E-state index contributed by atoms with van der Waals surface area (Å²) in [4.78, 5) is 26.7. The Bertz CT molecular complexity index is 958. The standard InChI is InChI=1S/C22H23FN2O5/c1-4-29-21(26)19-18(13-30-17-10-8-16(28-3)9-11-17)25(2)22(27)24-20(19)14-6-5-7-15(23)12-14/h5-12,20H,4,13H2,1-3H3,(H,24,27). The number of amides is 2. The molecule has 8 heteroatoms. The average Bonchev–Trinajstić information content (AvgIpc) is 2.74. The summed E-state index contributed by atoms with van der Waals surface area (Å²) in [7, 11) is 3.09. The molecule has 1 heterocycles. The number of rotatable bonds is 7. The van der Waals surface area contributed by atoms with E-state index in [4.69, 9.17) is 14.2 Å². The molecule has 0 saturated carbocycles. The second kappa shape index (κ2) is 9.30. The van der Waals surface area contributed by atoms with E-state index in [0.29, 0.717) is 22.8 Å². The first-order chi connectivity index (χ1) is 14.4. The average molecular weight is 414 g/mol. The van der Waals surface area contributed by atoms with Gasteiger partial charge in [0.05, 0.1) is 31.0 Å². The van der Waals surface area contributed by atoms with Gasteiger partial charge in [0.1, 0.15) is 23.9 Å². The van der Waals surface area contributed by atoms with Gasteiger partial charge in [0.15, 0.2) is 0 Å². The topological polar surface area (TPSA) is 77.1 Å². The van der Waals surface area contributed by atoms with Crippen LogP contribution in [0.5, 0.6) is 11.5 Å². The molecule has 0 spiro atoms. The highest BCUT2D eigenvalue weighted by atomic mass is 19.1. The maximum absolute atomic E-state index is 13.8. The van der Waals surface area contributed by atoms with Gasteiger partial charge in [-0.2, -0.15) is 0 Å². The van der Waals surface area contributed by atoms with E-state index in [0.717, 1.165) is 0 Å². The van der Waals surface area contributed by atoms with Gasteiger partial charge in [-0.25, -0.2) is 14.0 Å². The van der Waals surface area contributed by atoms with Gasteiger partial charge in [-0.1, -0.05) is 12.1 Å². The Labute approximate surface area is 174 Å². The van der Waals surface area contributed by atoms with Crippen LogP contribution < -0.4 is 14.8 Å². The van der Waals surface area contributed by atoms with E-state index < -0.39 is 23.9 Å². The Kier molecular flexibility index (Phi) is 6.56. The minimum Gasteiger partial charge on any atom is -0.497 e. The summed E-state index contributed by atoms with van der Waals surface area (Å²) >= 11 is 0. The molecule has 2 aromatic carbocycles. The zero-order valence-corrected chi connectivity index (χ0v) is 17.0. The third-order valence-electron chi connectivity index (χ3n) is 4.69. The van der Waals surface area contributed by atoms with E-state index >= 15 is 0 Å². The van der Waals surface area contributed by atoms with Crippen molar-refractivity contribution < 1.29 is 28.2 Å². The molecular formula is C22H23FN2O5. The molecule has 1 unspecified atom stereocenters. The molecule has 0 aliphatic carbocycles. The largest absolute Gasteiger partial charge is 0.497 e. The number of methoxy groups -OCH3 is 1. The Morgan fingerprint density at radius 3 is 2.50 bits per heavy atom. The monoisotopic (exact) mass is 414 g/mol. The highest BCUT2D eigenvalue weighted by Gasteiger charge is 2.37. The number of urea groups is 1. The van der Waals surface area contributed by atoms with E-state index in [2.05, 4.69) is 5.32 Å². The number of nitrogens with one attached hydrogen (secondary N) is 1. The molecule has 2 amide bonds.